The summed E-state index contributed by atoms with van der Waals surface area (Å²) in [4.78, 5) is 12.4. The molecule has 0 aliphatic carbocycles. The van der Waals surface area contributed by atoms with Crippen molar-refractivity contribution in [1.29, 1.82) is 0 Å². The second-order valence-electron chi connectivity index (χ2n) is 1.90. The molecular formula is C6H6F2N2O. The third kappa shape index (κ3) is 1.21. The Morgan fingerprint density at radius 1 is 1.55 bits per heavy atom. The lowest BCUT2D eigenvalue weighted by Crippen LogP contribution is -2.14. The van der Waals surface area contributed by atoms with Crippen molar-refractivity contribution in [2.75, 3.05) is 12.4 Å². The van der Waals surface area contributed by atoms with Crippen LogP contribution in [-0.2, 0) is 0 Å². The van der Waals surface area contributed by atoms with Crippen LogP contribution in [0.1, 0.15) is 0 Å². The summed E-state index contributed by atoms with van der Waals surface area (Å²) in [6.07, 6.45) is 0.803. The van der Waals surface area contributed by atoms with Crippen molar-refractivity contribution in [3.63, 3.8) is 0 Å². The molecule has 1 aromatic heterocycles. The minimum absolute atomic E-state index is 0.409. The Labute approximate surface area is 61.1 Å². The lowest BCUT2D eigenvalue weighted by molar-refractivity contribution is 0.570. The van der Waals surface area contributed by atoms with E-state index in [1.165, 1.54) is 7.05 Å². The van der Waals surface area contributed by atoms with Gasteiger partial charge in [0.15, 0.2) is 5.82 Å². The molecule has 0 spiro atoms. The van der Waals surface area contributed by atoms with E-state index in [0.717, 1.165) is 6.20 Å². The largest absolute Gasteiger partial charge is 0.383 e. The monoisotopic (exact) mass is 160 g/mol. The van der Waals surface area contributed by atoms with Crippen LogP contribution in [0.25, 0.3) is 0 Å². The molecule has 11 heavy (non-hydrogen) atoms. The smallest absolute Gasteiger partial charge is 0.286 e. The molecule has 0 atom stereocenters. The summed E-state index contributed by atoms with van der Waals surface area (Å²) in [5.74, 6) is -1.95. The van der Waals surface area contributed by atoms with Gasteiger partial charge in [0.25, 0.3) is 5.56 Å². The van der Waals surface area contributed by atoms with Crippen LogP contribution in [0, 0.1) is 11.6 Å². The number of pyridine rings is 1. The molecule has 60 valence electrons. The average Bonchev–Trinajstić information content (AvgIpc) is 1.99. The van der Waals surface area contributed by atoms with Gasteiger partial charge in [0.1, 0.15) is 5.69 Å². The number of aromatic nitrogens is 1. The topological polar surface area (TPSA) is 44.9 Å². The second kappa shape index (κ2) is 2.69. The van der Waals surface area contributed by atoms with E-state index in [-0.39, 0.29) is 0 Å². The molecule has 1 heterocycles. The van der Waals surface area contributed by atoms with Gasteiger partial charge in [-0.25, -0.2) is 4.39 Å². The fourth-order valence-electron chi connectivity index (χ4n) is 0.712. The predicted octanol–water partition coefficient (Wildman–Crippen LogP) is 0.695. The Balaban J connectivity index is 3.41. The molecule has 0 aliphatic rings. The average molecular weight is 160 g/mol. The molecule has 0 fully saturated rings. The van der Waals surface area contributed by atoms with Gasteiger partial charge in [-0.2, -0.15) is 4.39 Å². The van der Waals surface area contributed by atoms with E-state index in [1.54, 1.807) is 0 Å². The highest BCUT2D eigenvalue weighted by Gasteiger charge is 2.09. The molecule has 0 saturated heterocycles. The molecule has 0 bridgehead atoms. The number of hydrogen-bond donors (Lipinski definition) is 2. The molecule has 2 N–H and O–H groups in total. The zero-order valence-electron chi connectivity index (χ0n) is 5.74. The number of hydrogen-bond acceptors (Lipinski definition) is 2. The van der Waals surface area contributed by atoms with Crippen molar-refractivity contribution in [3.05, 3.63) is 28.2 Å². The molecule has 0 aromatic carbocycles. The van der Waals surface area contributed by atoms with Gasteiger partial charge in [0.2, 0.25) is 5.82 Å². The van der Waals surface area contributed by atoms with Crippen LogP contribution < -0.4 is 10.9 Å². The van der Waals surface area contributed by atoms with Crippen LogP contribution in [0.4, 0.5) is 14.5 Å². The third-order valence-corrected chi connectivity index (χ3v) is 1.24. The van der Waals surface area contributed by atoms with E-state index in [2.05, 4.69) is 5.32 Å². The molecule has 0 saturated carbocycles. The number of halogens is 2. The molecule has 0 aliphatic heterocycles. The van der Waals surface area contributed by atoms with Gasteiger partial charge in [0.05, 0.1) is 0 Å². The van der Waals surface area contributed by atoms with Crippen LogP contribution in [0.2, 0.25) is 0 Å². The van der Waals surface area contributed by atoms with Crippen molar-refractivity contribution >= 4 is 5.69 Å². The molecule has 1 aromatic rings. The summed E-state index contributed by atoms with van der Waals surface area (Å²) < 4.78 is 25.2. The molecule has 1 rings (SSSR count). The van der Waals surface area contributed by atoms with Crippen LogP contribution in [0.15, 0.2) is 11.0 Å². The SMILES string of the molecule is CNc1c(F)c[nH]c(=O)c1F. The first-order chi connectivity index (χ1) is 5.16. The first kappa shape index (κ1) is 7.71. The lowest BCUT2D eigenvalue weighted by atomic mass is 10.4. The first-order valence-electron chi connectivity index (χ1n) is 2.91. The van der Waals surface area contributed by atoms with E-state index in [0.29, 0.717) is 0 Å². The number of aromatic amines is 1. The fraction of sp³-hybridized carbons (Fsp3) is 0.167. The van der Waals surface area contributed by atoms with E-state index >= 15 is 0 Å². The van der Waals surface area contributed by atoms with Crippen LogP contribution >= 0.6 is 0 Å². The maximum Gasteiger partial charge on any atom is 0.286 e. The standard InChI is InChI=1S/C6H6F2N2O/c1-9-5-3(7)2-10-6(11)4(5)8/h2H,1H3,(H2,9,10,11). The highest BCUT2D eigenvalue weighted by atomic mass is 19.1. The molecule has 5 heteroatoms. The van der Waals surface area contributed by atoms with Gasteiger partial charge in [0, 0.05) is 13.2 Å². The zero-order valence-corrected chi connectivity index (χ0v) is 5.74. The van der Waals surface area contributed by atoms with Gasteiger partial charge in [-0.05, 0) is 0 Å². The van der Waals surface area contributed by atoms with Gasteiger partial charge < -0.3 is 10.3 Å². The summed E-state index contributed by atoms with van der Waals surface area (Å²) >= 11 is 0. The highest BCUT2D eigenvalue weighted by Crippen LogP contribution is 2.11. The predicted molar refractivity (Wildman–Crippen MR) is 36.5 cm³/mol. The van der Waals surface area contributed by atoms with Crippen LogP contribution in [0.3, 0.4) is 0 Å². The summed E-state index contributed by atoms with van der Waals surface area (Å²) in [6, 6.07) is 0. The van der Waals surface area contributed by atoms with Gasteiger partial charge in [-0.15, -0.1) is 0 Å². The maximum atomic E-state index is 12.6. The minimum atomic E-state index is -1.13. The van der Waals surface area contributed by atoms with E-state index in [4.69, 9.17) is 0 Å². The van der Waals surface area contributed by atoms with Gasteiger partial charge >= 0.3 is 0 Å². The molecule has 0 amide bonds. The van der Waals surface area contributed by atoms with Crippen molar-refractivity contribution in [3.8, 4) is 0 Å². The molecule has 0 radical (unpaired) electrons. The Kier molecular flexibility index (Phi) is 1.89. The Hall–Kier alpha value is -1.39. The van der Waals surface area contributed by atoms with Crippen molar-refractivity contribution in [1.82, 2.24) is 4.98 Å². The second-order valence-corrected chi connectivity index (χ2v) is 1.90. The fourth-order valence-corrected chi connectivity index (χ4v) is 0.712. The number of nitrogens with one attached hydrogen (secondary N) is 2. The quantitative estimate of drug-likeness (QED) is 0.635. The summed E-state index contributed by atoms with van der Waals surface area (Å²) in [7, 11) is 1.33. The highest BCUT2D eigenvalue weighted by molar-refractivity contribution is 5.43. The van der Waals surface area contributed by atoms with Gasteiger partial charge in [-0.3, -0.25) is 4.79 Å². The Morgan fingerprint density at radius 3 is 2.64 bits per heavy atom. The first-order valence-corrected chi connectivity index (χ1v) is 2.91. The lowest BCUT2D eigenvalue weighted by Gasteiger charge is -2.00. The van der Waals surface area contributed by atoms with E-state index in [9.17, 15) is 13.6 Å². The molecule has 0 unspecified atom stereocenters. The Morgan fingerprint density at radius 2 is 2.18 bits per heavy atom. The summed E-state index contributed by atoms with van der Waals surface area (Å²) in [5, 5.41) is 2.23. The van der Waals surface area contributed by atoms with E-state index < -0.39 is 22.9 Å². The molecule has 3 nitrogen and oxygen atoms in total. The third-order valence-electron chi connectivity index (χ3n) is 1.24. The van der Waals surface area contributed by atoms with E-state index in [1.807, 2.05) is 4.98 Å². The molecular weight excluding hydrogens is 154 g/mol. The minimum Gasteiger partial charge on any atom is -0.383 e. The van der Waals surface area contributed by atoms with Crippen molar-refractivity contribution in [2.45, 2.75) is 0 Å². The number of anilines is 1. The maximum absolute atomic E-state index is 12.6. The van der Waals surface area contributed by atoms with Crippen molar-refractivity contribution < 1.29 is 8.78 Å². The Bertz CT molecular complexity index is 321. The normalized spacial score (nSPS) is 9.73. The van der Waals surface area contributed by atoms with Crippen LogP contribution in [-0.4, -0.2) is 12.0 Å². The van der Waals surface area contributed by atoms with Crippen molar-refractivity contribution in [2.24, 2.45) is 0 Å². The summed E-state index contributed by atoms with van der Waals surface area (Å²) in [5.41, 5.74) is -1.34. The van der Waals surface area contributed by atoms with Crippen LogP contribution in [0.5, 0.6) is 0 Å². The number of H-pyrrole nitrogens is 1. The van der Waals surface area contributed by atoms with Gasteiger partial charge in [-0.1, -0.05) is 0 Å². The summed E-state index contributed by atoms with van der Waals surface area (Å²) in [6.45, 7) is 0. The number of rotatable bonds is 1. The zero-order chi connectivity index (χ0) is 8.43.